The SMILES string of the molecule is Cc1ccc(C(=O)c2cccn2C/C=C/c2cccc(-c3ocnc3C(=O)O)c2)cc1. The minimum atomic E-state index is -1.14. The maximum Gasteiger partial charge on any atom is 0.358 e. The molecule has 2 aromatic heterocycles. The van der Waals surface area contributed by atoms with E-state index in [4.69, 9.17) is 4.42 Å². The molecule has 0 saturated heterocycles. The van der Waals surface area contributed by atoms with Crippen LogP contribution >= 0.6 is 0 Å². The Morgan fingerprint density at radius 2 is 1.90 bits per heavy atom. The third kappa shape index (κ3) is 4.38. The first kappa shape index (κ1) is 20.1. The molecule has 0 amide bonds. The molecule has 0 fully saturated rings. The lowest BCUT2D eigenvalue weighted by Crippen LogP contribution is -2.09. The van der Waals surface area contributed by atoms with Gasteiger partial charge in [-0.2, -0.15) is 0 Å². The van der Waals surface area contributed by atoms with E-state index in [1.54, 1.807) is 6.07 Å². The summed E-state index contributed by atoms with van der Waals surface area (Å²) in [6.45, 7) is 2.51. The highest BCUT2D eigenvalue weighted by molar-refractivity contribution is 6.08. The predicted octanol–water partition coefficient (Wildman–Crippen LogP) is 5.09. The van der Waals surface area contributed by atoms with Gasteiger partial charge in [-0.3, -0.25) is 4.79 Å². The summed E-state index contributed by atoms with van der Waals surface area (Å²) in [4.78, 5) is 27.9. The normalized spacial score (nSPS) is 11.1. The van der Waals surface area contributed by atoms with Crippen molar-refractivity contribution in [3.63, 3.8) is 0 Å². The summed E-state index contributed by atoms with van der Waals surface area (Å²) < 4.78 is 7.15. The van der Waals surface area contributed by atoms with Gasteiger partial charge in [0.05, 0.1) is 5.69 Å². The third-order valence-corrected chi connectivity index (χ3v) is 4.91. The van der Waals surface area contributed by atoms with Crippen molar-refractivity contribution >= 4 is 17.8 Å². The van der Waals surface area contributed by atoms with E-state index in [9.17, 15) is 14.7 Å². The first-order valence-electron chi connectivity index (χ1n) is 9.73. The van der Waals surface area contributed by atoms with Gasteiger partial charge >= 0.3 is 5.97 Å². The Morgan fingerprint density at radius 3 is 2.68 bits per heavy atom. The van der Waals surface area contributed by atoms with Crippen molar-refractivity contribution in [1.82, 2.24) is 9.55 Å². The van der Waals surface area contributed by atoms with E-state index in [0.29, 0.717) is 23.4 Å². The first-order valence-corrected chi connectivity index (χ1v) is 9.73. The van der Waals surface area contributed by atoms with Crippen molar-refractivity contribution < 1.29 is 19.1 Å². The first-order chi connectivity index (χ1) is 15.0. The minimum absolute atomic E-state index is 0.0214. The summed E-state index contributed by atoms with van der Waals surface area (Å²) >= 11 is 0. The van der Waals surface area contributed by atoms with Gasteiger partial charge in [0.2, 0.25) is 5.78 Å². The monoisotopic (exact) mass is 412 g/mol. The number of carbonyl (C=O) groups excluding carboxylic acids is 1. The van der Waals surface area contributed by atoms with Crippen LogP contribution in [0.2, 0.25) is 0 Å². The highest BCUT2D eigenvalue weighted by Gasteiger charge is 2.17. The van der Waals surface area contributed by atoms with Gasteiger partial charge in [0.25, 0.3) is 0 Å². The van der Waals surface area contributed by atoms with Crippen LogP contribution < -0.4 is 0 Å². The summed E-state index contributed by atoms with van der Waals surface area (Å²) in [6.07, 6.45) is 6.86. The number of aromatic nitrogens is 2. The molecule has 0 spiro atoms. The van der Waals surface area contributed by atoms with E-state index in [2.05, 4.69) is 4.98 Å². The average molecular weight is 412 g/mol. The van der Waals surface area contributed by atoms with Gasteiger partial charge in [0, 0.05) is 23.9 Å². The van der Waals surface area contributed by atoms with Crippen LogP contribution in [0.4, 0.5) is 0 Å². The molecule has 0 aliphatic rings. The second-order valence-corrected chi connectivity index (χ2v) is 7.10. The van der Waals surface area contributed by atoms with Crippen LogP contribution in [0.3, 0.4) is 0 Å². The second-order valence-electron chi connectivity index (χ2n) is 7.10. The van der Waals surface area contributed by atoms with Crippen molar-refractivity contribution in [1.29, 1.82) is 0 Å². The number of nitrogens with zero attached hydrogens (tertiary/aromatic N) is 2. The lowest BCUT2D eigenvalue weighted by molar-refractivity contribution is 0.0691. The van der Waals surface area contributed by atoms with Crippen molar-refractivity contribution in [3.8, 4) is 11.3 Å². The summed E-state index contributed by atoms with van der Waals surface area (Å²) in [5.41, 5.74) is 3.78. The molecule has 2 heterocycles. The molecule has 0 aliphatic heterocycles. The van der Waals surface area contributed by atoms with E-state index >= 15 is 0 Å². The Kier molecular flexibility index (Phi) is 5.62. The van der Waals surface area contributed by atoms with Crippen LogP contribution in [0.25, 0.3) is 17.4 Å². The number of allylic oxidation sites excluding steroid dienone is 1. The molecule has 154 valence electrons. The topological polar surface area (TPSA) is 85.3 Å². The molecule has 0 bridgehead atoms. The van der Waals surface area contributed by atoms with E-state index in [-0.39, 0.29) is 17.2 Å². The summed E-state index contributed by atoms with van der Waals surface area (Å²) in [7, 11) is 0. The number of hydrogen-bond acceptors (Lipinski definition) is 4. The Labute approximate surface area is 179 Å². The van der Waals surface area contributed by atoms with Gasteiger partial charge in [0.15, 0.2) is 17.8 Å². The van der Waals surface area contributed by atoms with Gasteiger partial charge in [-0.05, 0) is 30.7 Å². The third-order valence-electron chi connectivity index (χ3n) is 4.91. The number of carbonyl (C=O) groups is 2. The Morgan fingerprint density at radius 1 is 1.10 bits per heavy atom. The molecule has 0 unspecified atom stereocenters. The number of ketones is 1. The Bertz CT molecular complexity index is 1260. The van der Waals surface area contributed by atoms with E-state index < -0.39 is 5.97 Å². The quantitative estimate of drug-likeness (QED) is 0.427. The fourth-order valence-electron chi connectivity index (χ4n) is 3.32. The van der Waals surface area contributed by atoms with Crippen molar-refractivity contribution in [2.75, 3.05) is 0 Å². The van der Waals surface area contributed by atoms with Crippen LogP contribution in [0.5, 0.6) is 0 Å². The number of aryl methyl sites for hydroxylation is 1. The van der Waals surface area contributed by atoms with Crippen molar-refractivity contribution in [3.05, 3.63) is 107 Å². The molecule has 0 saturated carbocycles. The van der Waals surface area contributed by atoms with Crippen LogP contribution in [0.1, 0.15) is 37.7 Å². The van der Waals surface area contributed by atoms with Crippen LogP contribution in [0.15, 0.2) is 83.7 Å². The molecular weight excluding hydrogens is 392 g/mol. The average Bonchev–Trinajstić information content (AvgIpc) is 3.44. The smallest absolute Gasteiger partial charge is 0.358 e. The van der Waals surface area contributed by atoms with E-state index in [1.807, 2.05) is 84.4 Å². The lowest BCUT2D eigenvalue weighted by atomic mass is 10.1. The molecule has 4 rings (SSSR count). The molecule has 31 heavy (non-hydrogen) atoms. The highest BCUT2D eigenvalue weighted by Crippen LogP contribution is 2.24. The number of benzene rings is 2. The minimum Gasteiger partial charge on any atom is -0.476 e. The van der Waals surface area contributed by atoms with Crippen molar-refractivity contribution in [2.45, 2.75) is 13.5 Å². The largest absolute Gasteiger partial charge is 0.476 e. The zero-order valence-corrected chi connectivity index (χ0v) is 16.9. The molecule has 4 aromatic rings. The Hall–Kier alpha value is -4.19. The number of hydrogen-bond donors (Lipinski definition) is 1. The van der Waals surface area contributed by atoms with Crippen LogP contribution in [-0.4, -0.2) is 26.4 Å². The standard InChI is InChI=1S/C25H20N2O4/c1-17-9-11-19(12-10-17)23(28)21-8-4-14-27(21)13-3-6-18-5-2-7-20(15-18)24-22(25(29)30)26-16-31-24/h2-12,14-16H,13H2,1H3,(H,29,30)/b6-3+. The molecule has 6 nitrogen and oxygen atoms in total. The van der Waals surface area contributed by atoms with Gasteiger partial charge in [-0.1, -0.05) is 60.2 Å². The number of aromatic carboxylic acids is 1. The highest BCUT2D eigenvalue weighted by atomic mass is 16.4. The maximum atomic E-state index is 12.8. The second kappa shape index (κ2) is 8.67. The van der Waals surface area contributed by atoms with E-state index in [1.165, 1.54) is 0 Å². The molecule has 0 radical (unpaired) electrons. The number of carboxylic acid groups (broad SMARTS) is 1. The zero-order valence-electron chi connectivity index (χ0n) is 16.9. The number of oxazole rings is 1. The van der Waals surface area contributed by atoms with Gasteiger partial charge in [-0.15, -0.1) is 0 Å². The van der Waals surface area contributed by atoms with E-state index in [0.717, 1.165) is 17.5 Å². The number of rotatable bonds is 7. The summed E-state index contributed by atoms with van der Waals surface area (Å²) in [5, 5.41) is 9.23. The maximum absolute atomic E-state index is 12.8. The number of carboxylic acids is 1. The predicted molar refractivity (Wildman–Crippen MR) is 117 cm³/mol. The molecule has 0 atom stereocenters. The van der Waals surface area contributed by atoms with Gasteiger partial charge in [0.1, 0.15) is 0 Å². The molecule has 0 aliphatic carbocycles. The fraction of sp³-hybridized carbons (Fsp3) is 0.0800. The Balaban J connectivity index is 1.51. The lowest BCUT2D eigenvalue weighted by Gasteiger charge is -2.06. The summed E-state index contributed by atoms with van der Waals surface area (Å²) in [5.74, 6) is -0.936. The van der Waals surface area contributed by atoms with Crippen LogP contribution in [-0.2, 0) is 6.54 Å². The van der Waals surface area contributed by atoms with Crippen LogP contribution in [0, 0.1) is 6.92 Å². The summed E-state index contributed by atoms with van der Waals surface area (Å²) in [6, 6.07) is 18.5. The van der Waals surface area contributed by atoms with Gasteiger partial charge < -0.3 is 14.1 Å². The molecule has 2 aromatic carbocycles. The van der Waals surface area contributed by atoms with Gasteiger partial charge in [-0.25, -0.2) is 9.78 Å². The van der Waals surface area contributed by atoms with Crippen molar-refractivity contribution in [2.24, 2.45) is 0 Å². The fourth-order valence-corrected chi connectivity index (χ4v) is 3.32. The molecule has 6 heteroatoms. The molecule has 1 N–H and O–H groups in total. The zero-order chi connectivity index (χ0) is 21.8. The molecular formula is C25H20N2O4.